The molecule has 3 heterocycles. The summed E-state index contributed by atoms with van der Waals surface area (Å²) in [5.74, 6) is -2.52. The smallest absolute Gasteiger partial charge is 0.407 e. The highest BCUT2D eigenvalue weighted by Crippen LogP contribution is 2.41. The molecule has 0 spiro atoms. The highest BCUT2D eigenvalue weighted by atomic mass is 35.5. The topological polar surface area (TPSA) is 145 Å². The Morgan fingerprint density at radius 2 is 1.90 bits per heavy atom. The summed E-state index contributed by atoms with van der Waals surface area (Å²) in [7, 11) is 0. The Kier molecular flexibility index (Phi) is 10.0. The molecule has 39 heavy (non-hydrogen) atoms. The van der Waals surface area contributed by atoms with Crippen LogP contribution in [-0.4, -0.2) is 76.9 Å². The van der Waals surface area contributed by atoms with Crippen LogP contribution in [0.2, 0.25) is 10.0 Å². The van der Waals surface area contributed by atoms with Crippen LogP contribution in [0, 0.1) is 0 Å². The minimum atomic E-state index is -2.24. The lowest BCUT2D eigenvalue weighted by molar-refractivity contribution is -0.572. The largest absolute Gasteiger partial charge is 0.477 e. The fourth-order valence-corrected chi connectivity index (χ4v) is 7.80. The lowest BCUT2D eigenvalue weighted by Gasteiger charge is -2.49. The Hall–Kier alpha value is -2.07. The summed E-state index contributed by atoms with van der Waals surface area (Å²) in [6.07, 6.45) is 2.92. The van der Waals surface area contributed by atoms with Gasteiger partial charge in [0.15, 0.2) is 29.2 Å². The van der Waals surface area contributed by atoms with Crippen molar-refractivity contribution < 1.29 is 37.6 Å². The molecule has 2 amide bonds. The van der Waals surface area contributed by atoms with Crippen molar-refractivity contribution in [3.05, 3.63) is 64.0 Å². The molecule has 1 fully saturated rings. The predicted molar refractivity (Wildman–Crippen MR) is 150 cm³/mol. The van der Waals surface area contributed by atoms with Crippen LogP contribution in [0.5, 0.6) is 0 Å². The molecule has 3 atom stereocenters. The first-order valence-corrected chi connectivity index (χ1v) is 16.1. The summed E-state index contributed by atoms with van der Waals surface area (Å²) in [6, 6.07) is 7.35. The molecule has 0 aliphatic carbocycles. The van der Waals surface area contributed by atoms with Crippen LogP contribution in [0.3, 0.4) is 0 Å². The first-order chi connectivity index (χ1) is 18.5. The number of amides is 2. The second-order valence-electron chi connectivity index (χ2n) is 8.17. The molecule has 0 bridgehead atoms. The molecule has 1 aromatic carbocycles. The monoisotopic (exact) mass is 648 g/mol. The van der Waals surface area contributed by atoms with Crippen molar-refractivity contribution in [2.45, 2.75) is 21.2 Å². The van der Waals surface area contributed by atoms with Crippen LogP contribution in [0.25, 0.3) is 0 Å². The zero-order chi connectivity index (χ0) is 28.3. The number of thioether (sulfide) groups is 3. The maximum atomic E-state index is 12.9. The molecule has 2 aromatic rings. The lowest BCUT2D eigenvalue weighted by atomic mass is 10.0. The number of nitrogens with zero attached hydrogens (tertiary/aromatic N) is 2. The SMILES string of the molecule is O=C(CSc1cc(Cl)ccc1Cl)N[C@H]1C(=O)N2C(C(=O)O)=C(CSc3cc[n+](C(=O)CS(=O)O)cc3)CS[C@H]12. The second-order valence-corrected chi connectivity index (χ2v) is 13.1. The van der Waals surface area contributed by atoms with E-state index in [1.165, 1.54) is 57.1 Å². The van der Waals surface area contributed by atoms with E-state index in [0.29, 0.717) is 26.3 Å². The van der Waals surface area contributed by atoms with Crippen LogP contribution < -0.4 is 9.88 Å². The number of aromatic nitrogens is 1. The number of carbonyl (C=O) groups excluding carboxylic acids is 3. The molecule has 10 nitrogen and oxygen atoms in total. The number of hydrogen-bond acceptors (Lipinski definition) is 8. The molecule has 0 saturated carbocycles. The number of fused-ring (bicyclic) bond motifs is 1. The van der Waals surface area contributed by atoms with Crippen molar-refractivity contribution >= 4 is 93.3 Å². The van der Waals surface area contributed by atoms with E-state index in [0.717, 1.165) is 4.90 Å². The van der Waals surface area contributed by atoms with Crippen LogP contribution >= 0.6 is 58.5 Å². The third-order valence-electron chi connectivity index (χ3n) is 5.57. The molecule has 1 unspecified atom stereocenters. The average Bonchev–Trinajstić information content (AvgIpc) is 2.90. The standard InChI is InChI=1S/C23H19Cl2N3O7S4/c24-13-1-2-15(25)16(7-13)37-10-17(29)26-19-21(31)28-20(23(32)33)12(9-38-22(19)28)8-36-14-3-5-27(6-4-14)18(30)11-39(34)35/h1-7,19,22H,8-11H2,(H2-,26,29,32,33,34,35)/p+1/t19-,22+/m0/s1. The number of hydrogen-bond donors (Lipinski definition) is 3. The van der Waals surface area contributed by atoms with Crippen molar-refractivity contribution in [1.82, 2.24) is 10.2 Å². The molecule has 2 aliphatic rings. The van der Waals surface area contributed by atoms with E-state index >= 15 is 0 Å². The van der Waals surface area contributed by atoms with Crippen LogP contribution in [0.15, 0.2) is 63.8 Å². The fourth-order valence-electron chi connectivity index (χ4n) is 3.77. The maximum absolute atomic E-state index is 12.9. The number of carboxylic acid groups (broad SMARTS) is 1. The maximum Gasteiger partial charge on any atom is 0.407 e. The van der Waals surface area contributed by atoms with Crippen LogP contribution in [0.4, 0.5) is 0 Å². The van der Waals surface area contributed by atoms with E-state index in [-0.39, 0.29) is 23.1 Å². The van der Waals surface area contributed by atoms with Gasteiger partial charge in [0.2, 0.25) is 5.91 Å². The molecular weight excluding hydrogens is 629 g/mol. The molecule has 16 heteroatoms. The number of β-lactam (4-membered cyclic amide) rings is 1. The molecule has 206 valence electrons. The average molecular weight is 650 g/mol. The summed E-state index contributed by atoms with van der Waals surface area (Å²) in [5, 5.41) is 13.0. The van der Waals surface area contributed by atoms with Gasteiger partial charge in [-0.05, 0) is 23.8 Å². The van der Waals surface area contributed by atoms with E-state index < -0.39 is 46.0 Å². The van der Waals surface area contributed by atoms with E-state index in [1.807, 2.05) is 0 Å². The van der Waals surface area contributed by atoms with Gasteiger partial charge in [-0.25, -0.2) is 13.8 Å². The number of nitrogens with one attached hydrogen (secondary N) is 1. The second kappa shape index (κ2) is 13.1. The summed E-state index contributed by atoms with van der Waals surface area (Å²) >= 11 is 13.7. The van der Waals surface area contributed by atoms with E-state index in [9.17, 15) is 28.5 Å². The van der Waals surface area contributed by atoms with Crippen molar-refractivity contribution in [2.24, 2.45) is 0 Å². The number of carboxylic acids is 1. The van der Waals surface area contributed by atoms with Crippen molar-refractivity contribution in [3.8, 4) is 0 Å². The third kappa shape index (κ3) is 7.17. The number of pyridine rings is 1. The Morgan fingerprint density at radius 3 is 2.56 bits per heavy atom. The number of benzene rings is 1. The first-order valence-electron chi connectivity index (χ1n) is 11.1. The van der Waals surface area contributed by atoms with Gasteiger partial charge in [0, 0.05) is 38.5 Å². The minimum absolute atomic E-state index is 0.00523. The highest BCUT2D eigenvalue weighted by molar-refractivity contribution is 8.01. The van der Waals surface area contributed by atoms with Gasteiger partial charge in [0.1, 0.15) is 17.1 Å². The van der Waals surface area contributed by atoms with Gasteiger partial charge >= 0.3 is 11.9 Å². The van der Waals surface area contributed by atoms with Crippen LogP contribution in [0.1, 0.15) is 4.79 Å². The fraction of sp³-hybridized carbons (Fsp3) is 0.261. The van der Waals surface area contributed by atoms with E-state index in [1.54, 1.807) is 30.3 Å². The number of aliphatic carboxylic acids is 1. The quantitative estimate of drug-likeness (QED) is 0.152. The van der Waals surface area contributed by atoms with Gasteiger partial charge in [-0.2, -0.15) is 0 Å². The zero-order valence-corrected chi connectivity index (χ0v) is 24.5. The summed E-state index contributed by atoms with van der Waals surface area (Å²) in [6.45, 7) is 0. The van der Waals surface area contributed by atoms with Crippen molar-refractivity contribution in [3.63, 3.8) is 0 Å². The highest BCUT2D eigenvalue weighted by Gasteiger charge is 2.54. The third-order valence-corrected chi connectivity index (χ3v) is 10.2. The molecular formula is C23H20Cl2N3O7S4+. The Morgan fingerprint density at radius 1 is 1.18 bits per heavy atom. The molecule has 1 aromatic heterocycles. The first kappa shape index (κ1) is 29.9. The normalized spacial score (nSPS) is 19.3. The van der Waals surface area contributed by atoms with Gasteiger partial charge in [-0.15, -0.1) is 39.9 Å². The van der Waals surface area contributed by atoms with E-state index in [4.69, 9.17) is 27.8 Å². The van der Waals surface area contributed by atoms with Gasteiger partial charge in [0.05, 0.1) is 10.8 Å². The molecule has 2 aliphatic heterocycles. The zero-order valence-electron chi connectivity index (χ0n) is 19.7. The van der Waals surface area contributed by atoms with Gasteiger partial charge in [-0.1, -0.05) is 23.2 Å². The number of carbonyl (C=O) groups is 4. The molecule has 4 rings (SSSR count). The molecule has 3 N–H and O–H groups in total. The Labute approximate surface area is 248 Å². The molecule has 1 saturated heterocycles. The summed E-state index contributed by atoms with van der Waals surface area (Å²) in [4.78, 5) is 52.0. The molecule has 0 radical (unpaired) electrons. The summed E-state index contributed by atoms with van der Waals surface area (Å²) in [5.41, 5.74) is 0.468. The van der Waals surface area contributed by atoms with Gasteiger partial charge in [-0.3, -0.25) is 14.5 Å². The van der Waals surface area contributed by atoms with Crippen molar-refractivity contribution in [2.75, 3.05) is 23.0 Å². The Bertz CT molecular complexity index is 1390. The number of halogens is 2. The van der Waals surface area contributed by atoms with Crippen LogP contribution in [-0.2, 0) is 25.5 Å². The number of rotatable bonds is 10. The minimum Gasteiger partial charge on any atom is -0.477 e. The van der Waals surface area contributed by atoms with E-state index in [2.05, 4.69) is 5.32 Å². The summed E-state index contributed by atoms with van der Waals surface area (Å²) < 4.78 is 20.9. The van der Waals surface area contributed by atoms with Gasteiger partial charge < -0.3 is 15.0 Å². The Balaban J connectivity index is 1.36. The lowest BCUT2D eigenvalue weighted by Crippen LogP contribution is -2.70. The predicted octanol–water partition coefficient (Wildman–Crippen LogP) is 2.77. The van der Waals surface area contributed by atoms with Crippen molar-refractivity contribution in [1.29, 1.82) is 0 Å². The van der Waals surface area contributed by atoms with Gasteiger partial charge in [0.25, 0.3) is 5.91 Å².